The Morgan fingerprint density at radius 1 is 1.03 bits per heavy atom. The maximum atomic E-state index is 12.9. The fourth-order valence-electron chi connectivity index (χ4n) is 2.76. The average molecular weight is 450 g/mol. The second kappa shape index (κ2) is 10.8. The number of amides is 2. The lowest BCUT2D eigenvalue weighted by Crippen LogP contribution is -2.35. The summed E-state index contributed by atoms with van der Waals surface area (Å²) in [6, 6.07) is 10.7. The quantitative estimate of drug-likeness (QED) is 0.574. The molecule has 2 aromatic rings. The molecule has 0 saturated carbocycles. The summed E-state index contributed by atoms with van der Waals surface area (Å²) in [7, 11) is 0.182. The highest BCUT2D eigenvalue weighted by molar-refractivity contribution is 7.89. The van der Waals surface area contributed by atoms with E-state index in [1.54, 1.807) is 24.3 Å². The molecule has 0 fully saturated rings. The van der Waals surface area contributed by atoms with Crippen LogP contribution >= 0.6 is 0 Å². The van der Waals surface area contributed by atoms with E-state index >= 15 is 0 Å². The van der Waals surface area contributed by atoms with Crippen molar-refractivity contribution in [2.45, 2.75) is 18.2 Å². The number of methoxy groups -OCH3 is 2. The van der Waals surface area contributed by atoms with Gasteiger partial charge in [0, 0.05) is 19.7 Å². The minimum absolute atomic E-state index is 0.0419. The van der Waals surface area contributed by atoms with Crippen LogP contribution in [0, 0.1) is 0 Å². The van der Waals surface area contributed by atoms with Crippen LogP contribution in [-0.4, -0.2) is 58.9 Å². The van der Waals surface area contributed by atoms with Crippen molar-refractivity contribution in [3.63, 3.8) is 0 Å². The Balaban J connectivity index is 2.15. The monoisotopic (exact) mass is 449 g/mol. The third kappa shape index (κ3) is 5.96. The molecule has 0 aromatic heterocycles. The van der Waals surface area contributed by atoms with Gasteiger partial charge in [-0.3, -0.25) is 9.59 Å². The normalized spacial score (nSPS) is 11.1. The Morgan fingerprint density at radius 2 is 1.71 bits per heavy atom. The maximum absolute atomic E-state index is 12.9. The van der Waals surface area contributed by atoms with Gasteiger partial charge in [0.15, 0.2) is 11.5 Å². The number of carbonyl (C=O) groups is 2. The van der Waals surface area contributed by atoms with Crippen LogP contribution in [-0.2, 0) is 14.8 Å². The molecule has 0 aliphatic heterocycles. The highest BCUT2D eigenvalue weighted by atomic mass is 32.2. The van der Waals surface area contributed by atoms with Gasteiger partial charge in [0.05, 0.1) is 36.9 Å². The predicted octanol–water partition coefficient (Wildman–Crippen LogP) is 2.10. The van der Waals surface area contributed by atoms with E-state index < -0.39 is 22.5 Å². The molecule has 0 bridgehead atoms. The first-order valence-corrected chi connectivity index (χ1v) is 11.0. The standard InChI is InChI=1S/C21H27N3O6S/c1-5-12-22-21(26)16-8-6-7-9-17(16)23-20(25)14-24(2)31(27,28)15-10-11-18(29-3)19(13-15)30-4/h6-11,13H,5,12,14H2,1-4H3,(H,22,26)(H,23,25). The molecule has 2 N–H and O–H groups in total. The summed E-state index contributed by atoms with van der Waals surface area (Å²) in [6.07, 6.45) is 0.777. The third-order valence-electron chi connectivity index (χ3n) is 4.41. The molecular weight excluding hydrogens is 422 g/mol. The van der Waals surface area contributed by atoms with Crippen LogP contribution < -0.4 is 20.1 Å². The molecule has 31 heavy (non-hydrogen) atoms. The minimum Gasteiger partial charge on any atom is -0.493 e. The molecule has 0 aliphatic rings. The molecule has 2 amide bonds. The molecule has 10 heteroatoms. The Bertz CT molecular complexity index is 1040. The number of para-hydroxylation sites is 1. The number of nitrogens with zero attached hydrogens (tertiary/aromatic N) is 1. The van der Waals surface area contributed by atoms with Gasteiger partial charge >= 0.3 is 0 Å². The zero-order valence-corrected chi connectivity index (χ0v) is 18.8. The Morgan fingerprint density at radius 3 is 2.35 bits per heavy atom. The number of likely N-dealkylation sites (N-methyl/N-ethyl adjacent to an activating group) is 1. The van der Waals surface area contributed by atoms with Crippen molar-refractivity contribution >= 4 is 27.5 Å². The number of anilines is 1. The predicted molar refractivity (Wildman–Crippen MR) is 117 cm³/mol. The second-order valence-corrected chi connectivity index (χ2v) is 8.67. The van der Waals surface area contributed by atoms with E-state index in [4.69, 9.17) is 9.47 Å². The summed E-state index contributed by atoms with van der Waals surface area (Å²) in [4.78, 5) is 24.8. The number of carbonyl (C=O) groups excluding carboxylic acids is 2. The molecule has 0 aliphatic carbocycles. The number of rotatable bonds is 10. The van der Waals surface area contributed by atoms with E-state index in [9.17, 15) is 18.0 Å². The lowest BCUT2D eigenvalue weighted by Gasteiger charge is -2.18. The summed E-state index contributed by atoms with van der Waals surface area (Å²) in [6.45, 7) is 2.00. The van der Waals surface area contributed by atoms with Crippen LogP contribution in [0.4, 0.5) is 5.69 Å². The largest absolute Gasteiger partial charge is 0.493 e. The fraction of sp³-hybridized carbons (Fsp3) is 0.333. The summed E-state index contributed by atoms with van der Waals surface area (Å²) < 4.78 is 36.9. The van der Waals surface area contributed by atoms with Gasteiger partial charge in [-0.15, -0.1) is 0 Å². The Hall–Kier alpha value is -3.11. The van der Waals surface area contributed by atoms with E-state index in [-0.39, 0.29) is 16.6 Å². The highest BCUT2D eigenvalue weighted by Crippen LogP contribution is 2.30. The minimum atomic E-state index is -3.96. The third-order valence-corrected chi connectivity index (χ3v) is 6.21. The molecule has 9 nitrogen and oxygen atoms in total. The number of benzene rings is 2. The van der Waals surface area contributed by atoms with Crippen molar-refractivity contribution in [2.75, 3.05) is 39.7 Å². The zero-order chi connectivity index (χ0) is 23.0. The lowest BCUT2D eigenvalue weighted by atomic mass is 10.1. The van der Waals surface area contributed by atoms with E-state index in [0.29, 0.717) is 23.5 Å². The molecule has 0 atom stereocenters. The lowest BCUT2D eigenvalue weighted by molar-refractivity contribution is -0.116. The molecule has 0 heterocycles. The topological polar surface area (TPSA) is 114 Å². The van der Waals surface area contributed by atoms with Gasteiger partial charge in [-0.1, -0.05) is 19.1 Å². The second-order valence-electron chi connectivity index (χ2n) is 6.63. The van der Waals surface area contributed by atoms with Crippen LogP contribution in [0.5, 0.6) is 11.5 Å². The number of hydrogen-bond donors (Lipinski definition) is 2. The summed E-state index contributed by atoms with van der Waals surface area (Å²) in [5, 5.41) is 5.36. The molecule has 0 radical (unpaired) electrons. The van der Waals surface area contributed by atoms with Crippen molar-refractivity contribution in [3.8, 4) is 11.5 Å². The first-order valence-electron chi connectivity index (χ1n) is 9.60. The zero-order valence-electron chi connectivity index (χ0n) is 18.0. The average Bonchev–Trinajstić information content (AvgIpc) is 2.77. The van der Waals surface area contributed by atoms with Gasteiger partial charge in [0.2, 0.25) is 15.9 Å². The van der Waals surface area contributed by atoms with Crippen molar-refractivity contribution in [1.29, 1.82) is 0 Å². The van der Waals surface area contributed by atoms with Gasteiger partial charge in [-0.25, -0.2) is 8.42 Å². The summed E-state index contributed by atoms with van der Waals surface area (Å²) >= 11 is 0. The summed E-state index contributed by atoms with van der Waals surface area (Å²) in [5.74, 6) is -0.250. The molecule has 0 saturated heterocycles. The van der Waals surface area contributed by atoms with Crippen LogP contribution in [0.15, 0.2) is 47.4 Å². The first kappa shape index (κ1) is 24.2. The Kier molecular flexibility index (Phi) is 8.40. The van der Waals surface area contributed by atoms with Gasteiger partial charge < -0.3 is 20.1 Å². The van der Waals surface area contributed by atoms with Crippen molar-refractivity contribution in [1.82, 2.24) is 9.62 Å². The van der Waals surface area contributed by atoms with Crippen molar-refractivity contribution < 1.29 is 27.5 Å². The van der Waals surface area contributed by atoms with Crippen LogP contribution in [0.2, 0.25) is 0 Å². The molecule has 2 rings (SSSR count). The van der Waals surface area contributed by atoms with Gasteiger partial charge in [-0.2, -0.15) is 4.31 Å². The molecule has 0 spiro atoms. The van der Waals surface area contributed by atoms with Crippen LogP contribution in [0.25, 0.3) is 0 Å². The van der Waals surface area contributed by atoms with Gasteiger partial charge in [-0.05, 0) is 30.7 Å². The van der Waals surface area contributed by atoms with E-state index in [0.717, 1.165) is 10.7 Å². The fourth-order valence-corrected chi connectivity index (χ4v) is 3.90. The Labute approximate surface area is 182 Å². The van der Waals surface area contributed by atoms with Crippen molar-refractivity contribution in [2.24, 2.45) is 0 Å². The van der Waals surface area contributed by atoms with E-state index in [1.165, 1.54) is 39.5 Å². The smallest absolute Gasteiger partial charge is 0.253 e. The number of nitrogens with one attached hydrogen (secondary N) is 2. The maximum Gasteiger partial charge on any atom is 0.253 e. The van der Waals surface area contributed by atoms with E-state index in [1.807, 2.05) is 6.92 Å². The number of ether oxygens (including phenoxy) is 2. The number of hydrogen-bond acceptors (Lipinski definition) is 6. The SMILES string of the molecule is CCCNC(=O)c1ccccc1NC(=O)CN(C)S(=O)(=O)c1ccc(OC)c(OC)c1. The van der Waals surface area contributed by atoms with Crippen molar-refractivity contribution in [3.05, 3.63) is 48.0 Å². The summed E-state index contributed by atoms with van der Waals surface area (Å²) in [5.41, 5.74) is 0.604. The molecular formula is C21H27N3O6S. The van der Waals surface area contributed by atoms with E-state index in [2.05, 4.69) is 10.6 Å². The highest BCUT2D eigenvalue weighted by Gasteiger charge is 2.25. The molecule has 168 valence electrons. The van der Waals surface area contributed by atoms with Gasteiger partial charge in [0.25, 0.3) is 5.91 Å². The molecule has 2 aromatic carbocycles. The molecule has 0 unspecified atom stereocenters. The first-order chi connectivity index (χ1) is 14.7. The van der Waals surface area contributed by atoms with Crippen LogP contribution in [0.3, 0.4) is 0 Å². The number of sulfonamides is 1. The van der Waals surface area contributed by atoms with Crippen LogP contribution in [0.1, 0.15) is 23.7 Å². The van der Waals surface area contributed by atoms with Gasteiger partial charge in [0.1, 0.15) is 0 Å².